The molecule has 0 aliphatic carbocycles. The van der Waals surface area contributed by atoms with Gasteiger partial charge in [-0.3, -0.25) is 4.90 Å². The van der Waals surface area contributed by atoms with Gasteiger partial charge in [0.1, 0.15) is 35.7 Å². The number of benzene rings is 3. The molecule has 3 aromatic carbocycles. The number of ether oxygens (including phenoxy) is 2. The fourth-order valence-electron chi connectivity index (χ4n) is 5.07. The lowest BCUT2D eigenvalue weighted by Gasteiger charge is -2.31. The summed E-state index contributed by atoms with van der Waals surface area (Å²) < 4.78 is 12.5. The molecule has 0 aromatic heterocycles. The van der Waals surface area contributed by atoms with Crippen molar-refractivity contribution in [3.05, 3.63) is 83.4 Å². The average molecular weight is 483 g/mol. The van der Waals surface area contributed by atoms with Crippen molar-refractivity contribution < 1.29 is 19.7 Å². The molecule has 0 saturated carbocycles. The van der Waals surface area contributed by atoms with Crippen molar-refractivity contribution >= 4 is 11.1 Å². The van der Waals surface area contributed by atoms with E-state index in [9.17, 15) is 10.2 Å². The van der Waals surface area contributed by atoms with Crippen molar-refractivity contribution in [3.8, 4) is 29.1 Å². The van der Waals surface area contributed by atoms with E-state index in [4.69, 9.17) is 14.7 Å². The number of fused-ring (bicyclic) bond motifs is 1. The van der Waals surface area contributed by atoms with E-state index in [1.165, 1.54) is 0 Å². The Balaban J connectivity index is 1.38. The Morgan fingerprint density at radius 3 is 2.58 bits per heavy atom. The van der Waals surface area contributed by atoms with E-state index < -0.39 is 0 Å². The first-order chi connectivity index (χ1) is 17.4. The first kappa shape index (κ1) is 23.8. The molecule has 6 heteroatoms. The van der Waals surface area contributed by atoms with Gasteiger partial charge >= 0.3 is 0 Å². The van der Waals surface area contributed by atoms with Gasteiger partial charge in [-0.15, -0.1) is 0 Å². The summed E-state index contributed by atoms with van der Waals surface area (Å²) in [5.74, 6) is 1.97. The smallest absolute Gasteiger partial charge is 0.150 e. The van der Waals surface area contributed by atoms with Gasteiger partial charge in [0.2, 0.25) is 0 Å². The predicted molar refractivity (Wildman–Crippen MR) is 139 cm³/mol. The topological polar surface area (TPSA) is 86.0 Å². The summed E-state index contributed by atoms with van der Waals surface area (Å²) in [4.78, 5) is 2.31. The lowest BCUT2D eigenvalue weighted by Crippen LogP contribution is -2.35. The minimum Gasteiger partial charge on any atom is -0.508 e. The number of phenolic OH excluding ortho intramolecular Hbond substituents is 2. The molecule has 36 heavy (non-hydrogen) atoms. The second-order valence-corrected chi connectivity index (χ2v) is 9.61. The van der Waals surface area contributed by atoms with Crippen LogP contribution in [0.3, 0.4) is 0 Å². The van der Waals surface area contributed by atoms with Gasteiger partial charge in [0.15, 0.2) is 0 Å². The molecule has 1 fully saturated rings. The van der Waals surface area contributed by atoms with Crippen LogP contribution in [0.4, 0.5) is 0 Å². The largest absolute Gasteiger partial charge is 0.508 e. The van der Waals surface area contributed by atoms with Crippen LogP contribution in [0, 0.1) is 17.2 Å². The summed E-state index contributed by atoms with van der Waals surface area (Å²) in [5.41, 5.74) is 4.58. The van der Waals surface area contributed by atoms with Crippen molar-refractivity contribution in [3.63, 3.8) is 0 Å². The molecule has 0 radical (unpaired) electrons. The third-order valence-corrected chi connectivity index (χ3v) is 7.13. The predicted octanol–water partition coefficient (Wildman–Crippen LogP) is 5.77. The van der Waals surface area contributed by atoms with Crippen LogP contribution in [0.15, 0.2) is 66.7 Å². The van der Waals surface area contributed by atoms with E-state index in [1.807, 2.05) is 43.3 Å². The Morgan fingerprint density at radius 2 is 1.86 bits per heavy atom. The molecule has 3 aromatic rings. The lowest BCUT2D eigenvalue weighted by atomic mass is 9.86. The molecular weight excluding hydrogens is 452 g/mol. The highest BCUT2D eigenvalue weighted by molar-refractivity contribution is 5.95. The Bertz CT molecular complexity index is 1330. The summed E-state index contributed by atoms with van der Waals surface area (Å²) in [5, 5.41) is 29.3. The van der Waals surface area contributed by atoms with E-state index in [0.29, 0.717) is 12.4 Å². The zero-order valence-corrected chi connectivity index (χ0v) is 20.5. The quantitative estimate of drug-likeness (QED) is 0.464. The van der Waals surface area contributed by atoms with E-state index in [2.05, 4.69) is 17.9 Å². The molecule has 2 N–H and O–H groups in total. The Labute approximate surface area is 211 Å². The molecule has 2 aliphatic rings. The maximum Gasteiger partial charge on any atom is 0.150 e. The molecule has 0 spiro atoms. The van der Waals surface area contributed by atoms with Crippen LogP contribution in [-0.2, 0) is 0 Å². The summed E-state index contributed by atoms with van der Waals surface area (Å²) >= 11 is 0. The fraction of sp³-hybridized carbons (Fsp3) is 0.300. The van der Waals surface area contributed by atoms with E-state index >= 15 is 0 Å². The maximum absolute atomic E-state index is 10.1. The second-order valence-electron chi connectivity index (χ2n) is 9.61. The van der Waals surface area contributed by atoms with Gasteiger partial charge in [-0.1, -0.05) is 24.3 Å². The Kier molecular flexibility index (Phi) is 6.58. The van der Waals surface area contributed by atoms with Gasteiger partial charge in [0.25, 0.3) is 0 Å². The van der Waals surface area contributed by atoms with E-state index in [1.54, 1.807) is 30.3 Å². The first-order valence-electron chi connectivity index (χ1n) is 12.3. The van der Waals surface area contributed by atoms with Crippen molar-refractivity contribution in [2.24, 2.45) is 5.92 Å². The number of likely N-dealkylation sites (tertiary alicyclic amines) is 1. The third kappa shape index (κ3) is 4.75. The Hall–Kier alpha value is -3.95. The van der Waals surface area contributed by atoms with Gasteiger partial charge in [0.05, 0.1) is 12.0 Å². The summed E-state index contributed by atoms with van der Waals surface area (Å²) in [7, 11) is 0. The molecule has 3 unspecified atom stereocenters. The van der Waals surface area contributed by atoms with Gasteiger partial charge < -0.3 is 19.7 Å². The van der Waals surface area contributed by atoms with Crippen LogP contribution in [0.5, 0.6) is 23.0 Å². The first-order valence-corrected chi connectivity index (χ1v) is 12.3. The number of nitrogens with zero attached hydrogens (tertiary/aromatic N) is 2. The Morgan fingerprint density at radius 1 is 1.08 bits per heavy atom. The highest BCUT2D eigenvalue weighted by Gasteiger charge is 2.30. The molecule has 3 atom stereocenters. The van der Waals surface area contributed by atoms with Crippen LogP contribution in [0.1, 0.15) is 43.1 Å². The van der Waals surface area contributed by atoms with Crippen molar-refractivity contribution in [1.29, 1.82) is 5.26 Å². The number of allylic oxidation sites excluding steroid dienone is 1. The molecule has 0 bridgehead atoms. The molecule has 1 saturated heterocycles. The molecule has 2 aliphatic heterocycles. The van der Waals surface area contributed by atoms with E-state index in [-0.39, 0.29) is 29.6 Å². The minimum absolute atomic E-state index is 0.119. The van der Waals surface area contributed by atoms with Crippen LogP contribution in [0.25, 0.3) is 11.1 Å². The molecule has 0 amide bonds. The number of aromatic hydroxyl groups is 2. The number of rotatable bonds is 6. The summed E-state index contributed by atoms with van der Waals surface area (Å²) in [6, 6.07) is 22.8. The van der Waals surface area contributed by atoms with Gasteiger partial charge in [-0.05, 0) is 86.0 Å². The zero-order chi connectivity index (χ0) is 25.2. The van der Waals surface area contributed by atoms with Gasteiger partial charge in [-0.2, -0.15) is 5.26 Å². The van der Waals surface area contributed by atoms with Crippen molar-refractivity contribution in [2.75, 3.05) is 19.7 Å². The number of nitriles is 1. The maximum atomic E-state index is 10.1. The van der Waals surface area contributed by atoms with Gasteiger partial charge in [-0.25, -0.2) is 0 Å². The molecule has 6 nitrogen and oxygen atoms in total. The highest BCUT2D eigenvalue weighted by atomic mass is 16.5. The average Bonchev–Trinajstić information content (AvgIpc) is 3.37. The number of hydrogen-bond donors (Lipinski definition) is 2. The number of phenols is 2. The minimum atomic E-state index is -0.385. The zero-order valence-electron chi connectivity index (χ0n) is 20.5. The standard InChI is InChI=1S/C30H30N2O4/c1-19(32-13-12-21(16-31)17-32)18-35-26-9-6-22(7-10-26)30-29(23-4-3-5-24(33)14-23)20(2)27-15-25(34)8-11-28(27)36-30/h3-11,14-15,19,21,30,33-34H,12-13,17-18H2,1-2H3. The third-order valence-electron chi connectivity index (χ3n) is 7.13. The second kappa shape index (κ2) is 9.96. The SMILES string of the molecule is CC1=C(c2cccc(O)c2)C(c2ccc(OCC(C)N3CCC(C#N)C3)cc2)Oc2ccc(O)cc21. The van der Waals surface area contributed by atoms with Gasteiger partial charge in [0, 0.05) is 23.7 Å². The van der Waals surface area contributed by atoms with Crippen LogP contribution < -0.4 is 9.47 Å². The van der Waals surface area contributed by atoms with Crippen LogP contribution >= 0.6 is 0 Å². The monoisotopic (exact) mass is 482 g/mol. The van der Waals surface area contributed by atoms with Crippen molar-refractivity contribution in [1.82, 2.24) is 4.90 Å². The molecule has 2 heterocycles. The van der Waals surface area contributed by atoms with Crippen molar-refractivity contribution in [2.45, 2.75) is 32.4 Å². The van der Waals surface area contributed by atoms with Crippen LogP contribution in [0.2, 0.25) is 0 Å². The normalized spacial score (nSPS) is 20.4. The lowest BCUT2D eigenvalue weighted by molar-refractivity contribution is 0.170. The fourth-order valence-corrected chi connectivity index (χ4v) is 5.07. The van der Waals surface area contributed by atoms with E-state index in [0.717, 1.165) is 53.1 Å². The summed E-state index contributed by atoms with van der Waals surface area (Å²) in [6.45, 7) is 6.45. The molecular formula is C30H30N2O4. The van der Waals surface area contributed by atoms with Crippen LogP contribution in [-0.4, -0.2) is 40.9 Å². The highest BCUT2D eigenvalue weighted by Crippen LogP contribution is 2.47. The molecule has 5 rings (SSSR count). The number of hydrogen-bond acceptors (Lipinski definition) is 6. The molecule has 184 valence electrons. The summed E-state index contributed by atoms with van der Waals surface area (Å²) in [6.07, 6.45) is 0.540.